The maximum Gasteiger partial charge on any atom is 0.319 e. The van der Waals surface area contributed by atoms with Gasteiger partial charge in [-0.3, -0.25) is 4.79 Å². The number of carbonyl (C=O) groups is 2. The quantitative estimate of drug-likeness (QED) is 0.875. The number of ether oxygens (including phenoxy) is 1. The second-order valence-corrected chi connectivity index (χ2v) is 4.63. The van der Waals surface area contributed by atoms with Crippen LogP contribution in [0.4, 0.5) is 10.5 Å². The second-order valence-electron chi connectivity index (χ2n) is 4.63. The Morgan fingerprint density at radius 2 is 2.05 bits per heavy atom. The van der Waals surface area contributed by atoms with Crippen LogP contribution in [0.5, 0.6) is 5.75 Å². The Bertz CT molecular complexity index is 484. The minimum Gasteiger partial charge on any atom is -0.497 e. The van der Waals surface area contributed by atoms with E-state index in [4.69, 9.17) is 4.74 Å². The summed E-state index contributed by atoms with van der Waals surface area (Å²) in [7, 11) is 1.56. The Hall–Kier alpha value is -2.24. The van der Waals surface area contributed by atoms with Crippen molar-refractivity contribution < 1.29 is 14.3 Å². The van der Waals surface area contributed by atoms with Crippen molar-refractivity contribution in [3.8, 4) is 5.75 Å². The Balaban J connectivity index is 1.78. The highest BCUT2D eigenvalue weighted by molar-refractivity contribution is 5.92. The first-order chi connectivity index (χ1) is 9.69. The van der Waals surface area contributed by atoms with Crippen LogP contribution in [0.1, 0.15) is 12.8 Å². The number of hydrogen-bond acceptors (Lipinski definition) is 3. The van der Waals surface area contributed by atoms with Crippen molar-refractivity contribution in [2.75, 3.05) is 32.1 Å². The lowest BCUT2D eigenvalue weighted by molar-refractivity contribution is -0.128. The lowest BCUT2D eigenvalue weighted by atomic mass is 10.3. The van der Waals surface area contributed by atoms with Gasteiger partial charge in [-0.1, -0.05) is 6.07 Å². The number of hydrogen-bond donors (Lipinski definition) is 2. The first kappa shape index (κ1) is 14.2. The number of benzene rings is 1. The molecule has 0 radical (unpaired) electrons. The number of urea groups is 1. The molecule has 20 heavy (non-hydrogen) atoms. The van der Waals surface area contributed by atoms with E-state index in [1.54, 1.807) is 36.3 Å². The molecule has 1 aliphatic heterocycles. The average molecular weight is 277 g/mol. The maximum absolute atomic E-state index is 11.8. The molecule has 1 aromatic carbocycles. The van der Waals surface area contributed by atoms with E-state index >= 15 is 0 Å². The molecule has 1 fully saturated rings. The summed E-state index contributed by atoms with van der Waals surface area (Å²) < 4.78 is 5.07. The first-order valence-electron chi connectivity index (χ1n) is 6.66. The molecule has 0 bridgehead atoms. The number of methoxy groups -OCH3 is 1. The number of likely N-dealkylation sites (tertiary alicyclic amines) is 1. The van der Waals surface area contributed by atoms with Crippen molar-refractivity contribution in [2.24, 2.45) is 0 Å². The van der Waals surface area contributed by atoms with Crippen LogP contribution in [0.3, 0.4) is 0 Å². The van der Waals surface area contributed by atoms with Crippen LogP contribution in [0.25, 0.3) is 0 Å². The van der Waals surface area contributed by atoms with Gasteiger partial charge in [-0.15, -0.1) is 0 Å². The van der Waals surface area contributed by atoms with E-state index in [1.807, 2.05) is 0 Å². The van der Waals surface area contributed by atoms with E-state index in [0.717, 1.165) is 25.9 Å². The van der Waals surface area contributed by atoms with Gasteiger partial charge in [-0.2, -0.15) is 0 Å². The fraction of sp³-hybridized carbons (Fsp3) is 0.429. The fourth-order valence-electron chi connectivity index (χ4n) is 2.11. The van der Waals surface area contributed by atoms with Crippen LogP contribution in [-0.2, 0) is 4.79 Å². The first-order valence-corrected chi connectivity index (χ1v) is 6.66. The Morgan fingerprint density at radius 1 is 1.30 bits per heavy atom. The number of amides is 3. The van der Waals surface area contributed by atoms with Crippen LogP contribution >= 0.6 is 0 Å². The molecule has 6 heteroatoms. The van der Waals surface area contributed by atoms with Gasteiger partial charge >= 0.3 is 6.03 Å². The van der Waals surface area contributed by atoms with Crippen molar-refractivity contribution in [1.82, 2.24) is 10.2 Å². The molecule has 108 valence electrons. The Kier molecular flexibility index (Phi) is 4.81. The molecule has 1 aromatic rings. The SMILES string of the molecule is COc1cccc(NC(=O)NCC(=O)N2CCCC2)c1. The van der Waals surface area contributed by atoms with E-state index in [0.29, 0.717) is 11.4 Å². The van der Waals surface area contributed by atoms with Crippen LogP contribution in [0.2, 0.25) is 0 Å². The third kappa shape index (κ3) is 3.88. The molecule has 1 heterocycles. The highest BCUT2D eigenvalue weighted by Gasteiger charge is 2.18. The molecule has 2 N–H and O–H groups in total. The summed E-state index contributed by atoms with van der Waals surface area (Å²) >= 11 is 0. The second kappa shape index (κ2) is 6.79. The molecule has 1 aliphatic rings. The molecule has 3 amide bonds. The number of anilines is 1. The minimum absolute atomic E-state index is 0.0236. The zero-order valence-electron chi connectivity index (χ0n) is 11.5. The van der Waals surface area contributed by atoms with Gasteiger partial charge in [0.05, 0.1) is 13.7 Å². The largest absolute Gasteiger partial charge is 0.497 e. The molecule has 0 aromatic heterocycles. The van der Waals surface area contributed by atoms with Crippen molar-refractivity contribution in [1.29, 1.82) is 0 Å². The predicted molar refractivity (Wildman–Crippen MR) is 75.8 cm³/mol. The summed E-state index contributed by atoms with van der Waals surface area (Å²) in [5.41, 5.74) is 0.621. The van der Waals surface area contributed by atoms with E-state index in [1.165, 1.54) is 0 Å². The zero-order chi connectivity index (χ0) is 14.4. The summed E-state index contributed by atoms with van der Waals surface area (Å²) in [5, 5.41) is 5.22. The summed E-state index contributed by atoms with van der Waals surface area (Å²) in [6, 6.07) is 6.64. The molecule has 2 rings (SSSR count). The van der Waals surface area contributed by atoms with Crippen LogP contribution in [-0.4, -0.2) is 43.6 Å². The molecule has 0 spiro atoms. The molecule has 0 atom stereocenters. The van der Waals surface area contributed by atoms with Gasteiger partial charge in [0.1, 0.15) is 5.75 Å². The molecular formula is C14H19N3O3. The minimum atomic E-state index is -0.397. The van der Waals surface area contributed by atoms with E-state index in [9.17, 15) is 9.59 Å². The highest BCUT2D eigenvalue weighted by atomic mass is 16.5. The van der Waals surface area contributed by atoms with Gasteiger partial charge in [0.2, 0.25) is 5.91 Å². The number of carbonyl (C=O) groups excluding carboxylic acids is 2. The van der Waals surface area contributed by atoms with Crippen molar-refractivity contribution in [3.63, 3.8) is 0 Å². The highest BCUT2D eigenvalue weighted by Crippen LogP contribution is 2.16. The number of rotatable bonds is 4. The lowest BCUT2D eigenvalue weighted by Crippen LogP contribution is -2.40. The normalized spacial score (nSPS) is 13.9. The third-order valence-electron chi connectivity index (χ3n) is 3.19. The van der Waals surface area contributed by atoms with Crippen LogP contribution < -0.4 is 15.4 Å². The van der Waals surface area contributed by atoms with Gasteiger partial charge in [0, 0.05) is 24.8 Å². The van der Waals surface area contributed by atoms with Crippen molar-refractivity contribution >= 4 is 17.6 Å². The molecule has 1 saturated heterocycles. The van der Waals surface area contributed by atoms with Gasteiger partial charge in [0.25, 0.3) is 0 Å². The fourth-order valence-corrected chi connectivity index (χ4v) is 2.11. The zero-order valence-corrected chi connectivity index (χ0v) is 11.5. The molecule has 6 nitrogen and oxygen atoms in total. The third-order valence-corrected chi connectivity index (χ3v) is 3.19. The number of nitrogens with zero attached hydrogens (tertiary/aromatic N) is 1. The van der Waals surface area contributed by atoms with Gasteiger partial charge in [-0.05, 0) is 25.0 Å². The van der Waals surface area contributed by atoms with Crippen molar-refractivity contribution in [3.05, 3.63) is 24.3 Å². The Labute approximate surface area is 118 Å². The summed E-state index contributed by atoms with van der Waals surface area (Å²) in [5.74, 6) is 0.624. The van der Waals surface area contributed by atoms with Crippen LogP contribution in [0.15, 0.2) is 24.3 Å². The van der Waals surface area contributed by atoms with Gasteiger partial charge < -0.3 is 20.3 Å². The van der Waals surface area contributed by atoms with Gasteiger partial charge in [0.15, 0.2) is 0 Å². The summed E-state index contributed by atoms with van der Waals surface area (Å²) in [4.78, 5) is 25.2. The molecule has 0 unspecified atom stereocenters. The van der Waals surface area contributed by atoms with Gasteiger partial charge in [-0.25, -0.2) is 4.79 Å². The smallest absolute Gasteiger partial charge is 0.319 e. The Morgan fingerprint density at radius 3 is 2.75 bits per heavy atom. The molecule has 0 saturated carbocycles. The van der Waals surface area contributed by atoms with E-state index in [2.05, 4.69) is 10.6 Å². The topological polar surface area (TPSA) is 70.7 Å². The van der Waals surface area contributed by atoms with Crippen molar-refractivity contribution in [2.45, 2.75) is 12.8 Å². The predicted octanol–water partition coefficient (Wildman–Crippen LogP) is 1.44. The number of nitrogens with one attached hydrogen (secondary N) is 2. The monoisotopic (exact) mass is 277 g/mol. The molecule has 0 aliphatic carbocycles. The van der Waals surface area contributed by atoms with E-state index < -0.39 is 6.03 Å². The van der Waals surface area contributed by atoms with E-state index in [-0.39, 0.29) is 12.5 Å². The standard InChI is InChI=1S/C14H19N3O3/c1-20-12-6-4-5-11(9-12)16-14(19)15-10-13(18)17-7-2-3-8-17/h4-6,9H,2-3,7-8,10H2,1H3,(H2,15,16,19). The molecular weight excluding hydrogens is 258 g/mol. The average Bonchev–Trinajstić information content (AvgIpc) is 2.99. The maximum atomic E-state index is 11.8. The lowest BCUT2D eigenvalue weighted by Gasteiger charge is -2.15. The summed E-state index contributed by atoms with van der Waals surface area (Å²) in [6.45, 7) is 1.60. The van der Waals surface area contributed by atoms with Crippen LogP contribution in [0, 0.1) is 0 Å². The summed E-state index contributed by atoms with van der Waals surface area (Å²) in [6.07, 6.45) is 2.09.